The average Bonchev–Trinajstić information content (AvgIpc) is 3.22. The normalized spacial score (nSPS) is 14.0. The van der Waals surface area contributed by atoms with Crippen LogP contribution in [0.1, 0.15) is 43.1 Å². The molecular formula is C29H32N2O3. The fourth-order valence-electron chi connectivity index (χ4n) is 5.09. The Hall–Kier alpha value is -3.47. The Morgan fingerprint density at radius 2 is 1.62 bits per heavy atom. The summed E-state index contributed by atoms with van der Waals surface area (Å²) in [5.74, 6) is 0.657. The smallest absolute Gasteiger partial charge is 0.357 e. The molecule has 0 N–H and O–H groups in total. The standard InChI is InChI=1S/C29H32N2O3/c1-2-33-29(32)28-27(30-18-8-3-9-19-30)24-15-6-7-16-25(24)31(28)20-11-21-34-26-17-10-13-22-12-4-5-14-23(22)26/h4-7,10,12-17H,2-3,8-9,11,18-21H2,1H3. The molecule has 1 aromatic heterocycles. The lowest BCUT2D eigenvalue weighted by Gasteiger charge is -2.29. The molecule has 5 rings (SSSR count). The number of benzene rings is 3. The van der Waals surface area contributed by atoms with E-state index in [4.69, 9.17) is 9.47 Å². The van der Waals surface area contributed by atoms with Crippen LogP contribution < -0.4 is 9.64 Å². The first-order valence-corrected chi connectivity index (χ1v) is 12.4. The van der Waals surface area contributed by atoms with E-state index in [2.05, 4.69) is 45.9 Å². The van der Waals surface area contributed by atoms with Gasteiger partial charge in [-0.2, -0.15) is 0 Å². The van der Waals surface area contributed by atoms with Crippen LogP contribution in [0.25, 0.3) is 21.7 Å². The lowest BCUT2D eigenvalue weighted by Crippen LogP contribution is -2.31. The van der Waals surface area contributed by atoms with Gasteiger partial charge >= 0.3 is 5.97 Å². The molecule has 1 saturated heterocycles. The Kier molecular flexibility index (Phi) is 6.70. The van der Waals surface area contributed by atoms with E-state index in [0.717, 1.165) is 60.1 Å². The van der Waals surface area contributed by atoms with Crippen LogP contribution in [0.15, 0.2) is 66.7 Å². The predicted octanol–water partition coefficient (Wildman–Crippen LogP) is 6.43. The van der Waals surface area contributed by atoms with Crippen molar-refractivity contribution in [2.45, 2.75) is 39.2 Å². The minimum atomic E-state index is -0.241. The molecule has 176 valence electrons. The Morgan fingerprint density at radius 1 is 0.882 bits per heavy atom. The third-order valence-electron chi connectivity index (χ3n) is 6.62. The number of ether oxygens (including phenoxy) is 2. The molecule has 0 aliphatic carbocycles. The van der Waals surface area contributed by atoms with Crippen LogP contribution in [-0.4, -0.2) is 36.8 Å². The number of carbonyl (C=O) groups excluding carboxylic acids is 1. The van der Waals surface area contributed by atoms with E-state index in [0.29, 0.717) is 25.5 Å². The van der Waals surface area contributed by atoms with Crippen molar-refractivity contribution < 1.29 is 14.3 Å². The number of piperidine rings is 1. The molecule has 0 bridgehead atoms. The van der Waals surface area contributed by atoms with Gasteiger partial charge in [0.15, 0.2) is 5.69 Å². The zero-order valence-electron chi connectivity index (χ0n) is 19.8. The second-order valence-electron chi connectivity index (χ2n) is 8.81. The summed E-state index contributed by atoms with van der Waals surface area (Å²) in [7, 11) is 0. The summed E-state index contributed by atoms with van der Waals surface area (Å²) in [4.78, 5) is 15.6. The van der Waals surface area contributed by atoms with Crippen LogP contribution in [0.3, 0.4) is 0 Å². The Balaban J connectivity index is 1.42. The quantitative estimate of drug-likeness (QED) is 0.226. The molecule has 0 unspecified atom stereocenters. The molecule has 5 heteroatoms. The summed E-state index contributed by atoms with van der Waals surface area (Å²) in [6, 6.07) is 22.8. The largest absolute Gasteiger partial charge is 0.493 e. The Labute approximate surface area is 200 Å². The maximum Gasteiger partial charge on any atom is 0.357 e. The fraction of sp³-hybridized carbons (Fsp3) is 0.345. The number of hydrogen-bond acceptors (Lipinski definition) is 4. The number of fused-ring (bicyclic) bond motifs is 2. The minimum absolute atomic E-state index is 0.241. The molecule has 4 aromatic rings. The number of hydrogen-bond donors (Lipinski definition) is 0. The Morgan fingerprint density at radius 3 is 2.44 bits per heavy atom. The van der Waals surface area contributed by atoms with Gasteiger partial charge in [-0.1, -0.05) is 54.6 Å². The van der Waals surface area contributed by atoms with Crippen molar-refractivity contribution in [2.24, 2.45) is 0 Å². The van der Waals surface area contributed by atoms with Crippen LogP contribution in [0.5, 0.6) is 5.75 Å². The molecule has 0 atom stereocenters. The van der Waals surface area contributed by atoms with Gasteiger partial charge in [-0.05, 0) is 50.1 Å². The highest BCUT2D eigenvalue weighted by molar-refractivity contribution is 6.07. The molecular weight excluding hydrogens is 424 g/mol. The number of nitrogens with zero attached hydrogens (tertiary/aromatic N) is 2. The van der Waals surface area contributed by atoms with Crippen molar-refractivity contribution in [3.63, 3.8) is 0 Å². The van der Waals surface area contributed by atoms with Gasteiger partial charge in [-0.15, -0.1) is 0 Å². The first-order valence-electron chi connectivity index (χ1n) is 12.4. The van der Waals surface area contributed by atoms with Crippen LogP contribution in [-0.2, 0) is 11.3 Å². The van der Waals surface area contributed by atoms with Gasteiger partial charge in [0.2, 0.25) is 0 Å². The summed E-state index contributed by atoms with van der Waals surface area (Å²) < 4.78 is 13.9. The highest BCUT2D eigenvalue weighted by Crippen LogP contribution is 2.36. The van der Waals surface area contributed by atoms with E-state index in [9.17, 15) is 4.79 Å². The molecule has 0 amide bonds. The van der Waals surface area contributed by atoms with Gasteiger partial charge in [0.1, 0.15) is 5.75 Å². The van der Waals surface area contributed by atoms with Gasteiger partial charge in [0.25, 0.3) is 0 Å². The van der Waals surface area contributed by atoms with Gasteiger partial charge in [0, 0.05) is 30.4 Å². The summed E-state index contributed by atoms with van der Waals surface area (Å²) >= 11 is 0. The molecule has 1 aliphatic heterocycles. The Bertz CT molecular complexity index is 1280. The second-order valence-corrected chi connectivity index (χ2v) is 8.81. The fourth-order valence-corrected chi connectivity index (χ4v) is 5.09. The molecule has 0 radical (unpaired) electrons. The molecule has 3 aromatic carbocycles. The summed E-state index contributed by atoms with van der Waals surface area (Å²) in [6.07, 6.45) is 4.34. The zero-order chi connectivity index (χ0) is 23.3. The van der Waals surface area contributed by atoms with E-state index >= 15 is 0 Å². The van der Waals surface area contributed by atoms with Crippen molar-refractivity contribution >= 4 is 33.3 Å². The summed E-state index contributed by atoms with van der Waals surface area (Å²) in [5.41, 5.74) is 2.79. The van der Waals surface area contributed by atoms with Crippen LogP contribution in [0, 0.1) is 0 Å². The third kappa shape index (κ3) is 4.35. The monoisotopic (exact) mass is 456 g/mol. The van der Waals surface area contributed by atoms with E-state index in [1.54, 1.807) is 0 Å². The first-order chi connectivity index (χ1) is 16.8. The second kappa shape index (κ2) is 10.2. The van der Waals surface area contributed by atoms with E-state index in [1.165, 1.54) is 11.8 Å². The van der Waals surface area contributed by atoms with Crippen LogP contribution in [0.4, 0.5) is 5.69 Å². The van der Waals surface area contributed by atoms with E-state index < -0.39 is 0 Å². The number of aryl methyl sites for hydroxylation is 1. The van der Waals surface area contributed by atoms with Gasteiger partial charge in [0.05, 0.1) is 24.4 Å². The molecule has 34 heavy (non-hydrogen) atoms. The number of anilines is 1. The van der Waals surface area contributed by atoms with Crippen molar-refractivity contribution in [1.82, 2.24) is 4.57 Å². The van der Waals surface area contributed by atoms with Crippen molar-refractivity contribution in [3.8, 4) is 5.75 Å². The number of carbonyl (C=O) groups is 1. The van der Waals surface area contributed by atoms with Gasteiger partial charge < -0.3 is 18.9 Å². The first kappa shape index (κ1) is 22.3. The lowest BCUT2D eigenvalue weighted by atomic mass is 10.1. The number of para-hydroxylation sites is 1. The molecule has 2 heterocycles. The summed E-state index contributed by atoms with van der Waals surface area (Å²) in [5, 5.41) is 3.42. The maximum absolute atomic E-state index is 13.2. The highest BCUT2D eigenvalue weighted by Gasteiger charge is 2.28. The van der Waals surface area contributed by atoms with Gasteiger partial charge in [-0.25, -0.2) is 4.79 Å². The average molecular weight is 457 g/mol. The minimum Gasteiger partial charge on any atom is -0.493 e. The molecule has 1 aliphatic rings. The SMILES string of the molecule is CCOC(=O)c1c(N2CCCCC2)c2ccccc2n1CCCOc1cccc2ccccc12. The summed E-state index contributed by atoms with van der Waals surface area (Å²) in [6.45, 7) is 5.44. The maximum atomic E-state index is 13.2. The highest BCUT2D eigenvalue weighted by atomic mass is 16.5. The van der Waals surface area contributed by atoms with Gasteiger partial charge in [-0.3, -0.25) is 0 Å². The van der Waals surface area contributed by atoms with Crippen LogP contribution >= 0.6 is 0 Å². The number of aromatic nitrogens is 1. The molecule has 0 saturated carbocycles. The van der Waals surface area contributed by atoms with Crippen molar-refractivity contribution in [3.05, 3.63) is 72.4 Å². The van der Waals surface area contributed by atoms with E-state index in [-0.39, 0.29) is 5.97 Å². The molecule has 0 spiro atoms. The topological polar surface area (TPSA) is 43.7 Å². The van der Waals surface area contributed by atoms with Crippen molar-refractivity contribution in [2.75, 3.05) is 31.2 Å². The lowest BCUT2D eigenvalue weighted by molar-refractivity contribution is 0.0514. The zero-order valence-corrected chi connectivity index (χ0v) is 19.8. The predicted molar refractivity (Wildman–Crippen MR) is 138 cm³/mol. The third-order valence-corrected chi connectivity index (χ3v) is 6.62. The number of rotatable bonds is 8. The van der Waals surface area contributed by atoms with Crippen molar-refractivity contribution in [1.29, 1.82) is 0 Å². The molecule has 1 fully saturated rings. The number of esters is 1. The van der Waals surface area contributed by atoms with E-state index in [1.807, 2.05) is 37.3 Å². The molecule has 5 nitrogen and oxygen atoms in total. The van der Waals surface area contributed by atoms with Crippen LogP contribution in [0.2, 0.25) is 0 Å².